The van der Waals surface area contributed by atoms with Crippen LogP contribution in [0.2, 0.25) is 0 Å². The maximum absolute atomic E-state index is 17.1. The lowest BCUT2D eigenvalue weighted by Gasteiger charge is -2.44. The number of nitrogens with one attached hydrogen (secondary N) is 1. The Kier molecular flexibility index (Phi) is 7.72. The van der Waals surface area contributed by atoms with Crippen molar-refractivity contribution in [3.05, 3.63) is 53.2 Å². The first-order valence-electron chi connectivity index (χ1n) is 17.0. The highest BCUT2D eigenvalue weighted by molar-refractivity contribution is 6.02. The summed E-state index contributed by atoms with van der Waals surface area (Å²) in [5.41, 5.74) is 0.992. The molecular weight excluding hydrogens is 601 g/mol. The molecular formula is C37H39F3N6O. The number of ether oxygens (including phenoxy) is 1. The van der Waals surface area contributed by atoms with Gasteiger partial charge in [0.15, 0.2) is 5.82 Å². The lowest BCUT2D eigenvalue weighted by Crippen LogP contribution is -2.58. The number of aryl methyl sites for hydroxylation is 1. The molecule has 1 N–H and O–H groups in total. The second-order valence-corrected chi connectivity index (χ2v) is 13.6. The van der Waals surface area contributed by atoms with Crippen LogP contribution in [0.4, 0.5) is 19.0 Å². The van der Waals surface area contributed by atoms with E-state index in [0.29, 0.717) is 59.2 Å². The van der Waals surface area contributed by atoms with E-state index < -0.39 is 23.3 Å². The Bertz CT molecular complexity index is 1910. The van der Waals surface area contributed by atoms with Crippen LogP contribution >= 0.6 is 0 Å². The molecule has 3 saturated heterocycles. The minimum Gasteiger partial charge on any atom is -0.461 e. The third-order valence-electron chi connectivity index (χ3n) is 10.9. The first kappa shape index (κ1) is 30.4. The highest BCUT2D eigenvalue weighted by Gasteiger charge is 2.49. The molecule has 47 heavy (non-hydrogen) atoms. The maximum atomic E-state index is 17.1. The summed E-state index contributed by atoms with van der Waals surface area (Å²) in [7, 11) is 0. The Morgan fingerprint density at radius 2 is 2.00 bits per heavy atom. The third kappa shape index (κ3) is 5.01. The monoisotopic (exact) mass is 640 g/mol. The molecule has 2 aromatic carbocycles. The van der Waals surface area contributed by atoms with E-state index in [0.717, 1.165) is 51.6 Å². The summed E-state index contributed by atoms with van der Waals surface area (Å²) >= 11 is 0. The van der Waals surface area contributed by atoms with Crippen molar-refractivity contribution in [1.82, 2.24) is 25.2 Å². The Labute approximate surface area is 272 Å². The smallest absolute Gasteiger partial charge is 0.319 e. The topological polar surface area (TPSA) is 66.4 Å². The Balaban J connectivity index is 1.32. The predicted molar refractivity (Wildman–Crippen MR) is 177 cm³/mol. The van der Waals surface area contributed by atoms with Crippen LogP contribution in [0.25, 0.3) is 32.9 Å². The summed E-state index contributed by atoms with van der Waals surface area (Å²) in [6.07, 6.45) is 11.6. The minimum absolute atomic E-state index is 0.0724. The van der Waals surface area contributed by atoms with Gasteiger partial charge < -0.3 is 15.0 Å². The number of pyridine rings is 1. The maximum Gasteiger partial charge on any atom is 0.319 e. The summed E-state index contributed by atoms with van der Waals surface area (Å²) in [5.74, 6) is 1.94. The van der Waals surface area contributed by atoms with Crippen molar-refractivity contribution >= 4 is 27.5 Å². The molecule has 0 radical (unpaired) electrons. The lowest BCUT2D eigenvalue weighted by molar-refractivity contribution is 0.107. The van der Waals surface area contributed by atoms with E-state index in [4.69, 9.17) is 26.1 Å². The third-order valence-corrected chi connectivity index (χ3v) is 10.9. The average molecular weight is 641 g/mol. The van der Waals surface area contributed by atoms with Gasteiger partial charge in [-0.05, 0) is 56.5 Å². The second kappa shape index (κ2) is 11.9. The number of halogens is 3. The zero-order valence-corrected chi connectivity index (χ0v) is 26.7. The largest absolute Gasteiger partial charge is 0.461 e. The summed E-state index contributed by atoms with van der Waals surface area (Å²) in [6, 6.07) is 8.88. The van der Waals surface area contributed by atoms with Gasteiger partial charge in [-0.1, -0.05) is 43.5 Å². The van der Waals surface area contributed by atoms with E-state index in [1.807, 2.05) is 6.07 Å². The molecule has 4 aromatic rings. The molecule has 0 saturated carbocycles. The van der Waals surface area contributed by atoms with Crippen molar-refractivity contribution in [2.75, 3.05) is 37.7 Å². The SMILES string of the molecule is C#Cc1c(F)ccc2cccc(-c3nc4c5c(nc(OC[C@@]67CCCN6C[C@H](F)C7)nc5c3F)N3CCN[C@@H](CCC)[C@H]3CCC4)c12. The van der Waals surface area contributed by atoms with Gasteiger partial charge in [-0.3, -0.25) is 4.90 Å². The van der Waals surface area contributed by atoms with Crippen LogP contribution in [-0.4, -0.2) is 76.4 Å². The molecule has 0 aliphatic carbocycles. The lowest BCUT2D eigenvalue weighted by atomic mass is 9.91. The number of terminal acetylenes is 1. The van der Waals surface area contributed by atoms with E-state index in [9.17, 15) is 8.78 Å². The van der Waals surface area contributed by atoms with Crippen molar-refractivity contribution in [3.63, 3.8) is 0 Å². The van der Waals surface area contributed by atoms with Crippen LogP contribution < -0.4 is 15.0 Å². The molecule has 10 heteroatoms. The molecule has 0 bridgehead atoms. The normalized spacial score (nSPS) is 25.8. The molecule has 4 atom stereocenters. The van der Waals surface area contributed by atoms with E-state index >= 15 is 4.39 Å². The minimum atomic E-state index is -0.894. The zero-order chi connectivity index (χ0) is 32.3. The molecule has 6 heterocycles. The molecule has 4 aliphatic heterocycles. The van der Waals surface area contributed by atoms with Gasteiger partial charge in [0.1, 0.15) is 35.6 Å². The number of hydrogen-bond donors (Lipinski definition) is 1. The average Bonchev–Trinajstić information content (AvgIpc) is 3.60. The van der Waals surface area contributed by atoms with Crippen LogP contribution in [0.5, 0.6) is 6.01 Å². The van der Waals surface area contributed by atoms with Crippen LogP contribution in [-0.2, 0) is 6.42 Å². The number of anilines is 1. The molecule has 8 rings (SSSR count). The van der Waals surface area contributed by atoms with Gasteiger partial charge in [-0.15, -0.1) is 6.42 Å². The fourth-order valence-electron chi connectivity index (χ4n) is 8.77. The van der Waals surface area contributed by atoms with E-state index in [1.165, 1.54) is 6.07 Å². The van der Waals surface area contributed by atoms with Crippen molar-refractivity contribution in [2.24, 2.45) is 0 Å². The van der Waals surface area contributed by atoms with Gasteiger partial charge in [-0.25, -0.2) is 18.2 Å². The molecule has 0 unspecified atom stereocenters. The zero-order valence-electron chi connectivity index (χ0n) is 26.7. The first-order chi connectivity index (χ1) is 22.9. The molecule has 244 valence electrons. The predicted octanol–water partition coefficient (Wildman–Crippen LogP) is 6.34. The highest BCUT2D eigenvalue weighted by Crippen LogP contribution is 2.43. The van der Waals surface area contributed by atoms with Crippen molar-refractivity contribution in [3.8, 4) is 29.6 Å². The molecule has 0 spiro atoms. The molecule has 0 amide bonds. The number of piperazine rings is 1. The standard InChI is InChI=1S/C37H39F3N6O/c1-3-8-27-29-12-6-11-28-31-34(32(40)33(42-28)25-10-5-9-22-13-14-26(39)24(4-2)30(22)25)43-36(44-35(31)46(29)18-16-41-27)47-21-37-15-7-17-45(37)20-23(38)19-37/h2,5,9-10,13-14,23,27,29,41H,3,6-8,11-12,15-21H2,1H3/t23-,27+,29-,37+/m1/s1. The Hall–Kier alpha value is -3.94. The number of aromatic nitrogens is 3. The number of hydrogen-bond acceptors (Lipinski definition) is 7. The van der Waals surface area contributed by atoms with E-state index in [-0.39, 0.29) is 41.5 Å². The molecule has 3 fully saturated rings. The summed E-state index contributed by atoms with van der Waals surface area (Å²) in [6.45, 7) is 5.16. The number of rotatable bonds is 6. The number of fused-ring (bicyclic) bond motifs is 4. The molecule has 7 nitrogen and oxygen atoms in total. The molecule has 4 aliphatic rings. The quantitative estimate of drug-likeness (QED) is 0.247. The summed E-state index contributed by atoms with van der Waals surface area (Å²) < 4.78 is 53.1. The van der Waals surface area contributed by atoms with Gasteiger partial charge in [0.2, 0.25) is 0 Å². The fraction of sp³-hybridized carbons (Fsp3) is 0.486. The Morgan fingerprint density at radius 3 is 2.85 bits per heavy atom. The van der Waals surface area contributed by atoms with E-state index in [2.05, 4.69) is 28.0 Å². The van der Waals surface area contributed by atoms with Crippen LogP contribution in [0.3, 0.4) is 0 Å². The van der Waals surface area contributed by atoms with Crippen LogP contribution in [0, 0.1) is 24.0 Å². The highest BCUT2D eigenvalue weighted by atomic mass is 19.1. The van der Waals surface area contributed by atoms with Gasteiger partial charge >= 0.3 is 6.01 Å². The number of nitrogens with zero attached hydrogens (tertiary/aromatic N) is 5. The van der Waals surface area contributed by atoms with Gasteiger partial charge in [0.05, 0.1) is 22.2 Å². The first-order valence-corrected chi connectivity index (χ1v) is 17.0. The van der Waals surface area contributed by atoms with Crippen LogP contribution in [0.15, 0.2) is 30.3 Å². The molecule has 2 aromatic heterocycles. The summed E-state index contributed by atoms with van der Waals surface area (Å²) in [4.78, 5) is 19.2. The van der Waals surface area contributed by atoms with Crippen molar-refractivity contribution in [2.45, 2.75) is 82.1 Å². The van der Waals surface area contributed by atoms with Crippen molar-refractivity contribution in [1.29, 1.82) is 0 Å². The van der Waals surface area contributed by atoms with Gasteiger partial charge in [0.25, 0.3) is 0 Å². The summed E-state index contributed by atoms with van der Waals surface area (Å²) in [5, 5.41) is 5.44. The fourth-order valence-corrected chi connectivity index (χ4v) is 8.77. The van der Waals surface area contributed by atoms with Gasteiger partial charge in [-0.2, -0.15) is 9.97 Å². The number of benzene rings is 2. The number of alkyl halides is 1. The van der Waals surface area contributed by atoms with E-state index in [1.54, 1.807) is 18.2 Å². The van der Waals surface area contributed by atoms with Gasteiger partial charge in [0, 0.05) is 49.1 Å². The second-order valence-electron chi connectivity index (χ2n) is 13.6. The van der Waals surface area contributed by atoms with Crippen molar-refractivity contribution < 1.29 is 17.9 Å². The Morgan fingerprint density at radius 1 is 1.11 bits per heavy atom. The van der Waals surface area contributed by atoms with Crippen LogP contribution in [0.1, 0.15) is 63.1 Å².